The lowest BCUT2D eigenvalue weighted by molar-refractivity contribution is 0.0692. The average molecular weight is 193 g/mol. The summed E-state index contributed by atoms with van der Waals surface area (Å²) >= 11 is 0. The number of carboxylic acids is 1. The molecule has 1 aliphatic carbocycles. The first-order valence-corrected chi connectivity index (χ1v) is 4.43. The van der Waals surface area contributed by atoms with E-state index in [0.29, 0.717) is 5.75 Å². The van der Waals surface area contributed by atoms with Gasteiger partial charge in [0.15, 0.2) is 0 Å². The fourth-order valence-electron chi connectivity index (χ4n) is 1.23. The highest BCUT2D eigenvalue weighted by Gasteiger charge is 2.36. The number of hydrogen-bond donors (Lipinski definition) is 2. The molecule has 0 heterocycles. The van der Waals surface area contributed by atoms with Gasteiger partial charge in [-0.2, -0.15) is 0 Å². The van der Waals surface area contributed by atoms with Crippen molar-refractivity contribution in [3.05, 3.63) is 29.8 Å². The summed E-state index contributed by atoms with van der Waals surface area (Å²) in [5.74, 6) is -0.576. The summed E-state index contributed by atoms with van der Waals surface area (Å²) in [7, 11) is 0. The maximum atomic E-state index is 10.8. The van der Waals surface area contributed by atoms with Crippen molar-refractivity contribution in [3.63, 3.8) is 0 Å². The molecule has 0 aromatic heterocycles. The minimum absolute atomic E-state index is 0.0181. The number of benzene rings is 1. The molecular weight excluding hydrogens is 182 g/mol. The summed E-state index contributed by atoms with van der Waals surface area (Å²) < 4.78 is 5.42. The second-order valence-electron chi connectivity index (χ2n) is 3.36. The zero-order valence-electron chi connectivity index (χ0n) is 7.51. The Kier molecular flexibility index (Phi) is 2.13. The molecule has 1 aromatic rings. The second kappa shape index (κ2) is 3.31. The Balaban J connectivity index is 2.19. The Bertz CT molecular complexity index is 364. The van der Waals surface area contributed by atoms with E-state index in [1.165, 1.54) is 6.07 Å². The zero-order valence-corrected chi connectivity index (χ0v) is 7.51. The van der Waals surface area contributed by atoms with E-state index < -0.39 is 5.97 Å². The van der Waals surface area contributed by atoms with Gasteiger partial charge in [0.05, 0.1) is 0 Å². The van der Waals surface area contributed by atoms with E-state index in [0.717, 1.165) is 6.42 Å². The molecule has 4 heteroatoms. The molecule has 1 aromatic carbocycles. The van der Waals surface area contributed by atoms with Gasteiger partial charge in [0.25, 0.3) is 0 Å². The number of carboxylic acid groups (broad SMARTS) is 1. The largest absolute Gasteiger partial charge is 0.488 e. The van der Waals surface area contributed by atoms with E-state index in [9.17, 15) is 4.79 Å². The number of rotatable bonds is 3. The van der Waals surface area contributed by atoms with Crippen molar-refractivity contribution in [1.82, 2.24) is 0 Å². The first kappa shape index (κ1) is 9.02. The minimum atomic E-state index is -0.977. The SMILES string of the molecule is NC1CC1Oc1ccccc1C(=O)O. The lowest BCUT2D eigenvalue weighted by Crippen LogP contribution is -2.12. The van der Waals surface area contributed by atoms with Gasteiger partial charge in [0.1, 0.15) is 17.4 Å². The second-order valence-corrected chi connectivity index (χ2v) is 3.36. The third-order valence-corrected chi connectivity index (χ3v) is 2.17. The fourth-order valence-corrected chi connectivity index (χ4v) is 1.23. The lowest BCUT2D eigenvalue weighted by Gasteiger charge is -2.07. The molecular formula is C10H11NO3. The Morgan fingerprint density at radius 3 is 2.71 bits per heavy atom. The molecule has 2 rings (SSSR count). The number of hydrogen-bond acceptors (Lipinski definition) is 3. The van der Waals surface area contributed by atoms with Gasteiger partial charge < -0.3 is 15.6 Å². The topological polar surface area (TPSA) is 72.5 Å². The van der Waals surface area contributed by atoms with Crippen molar-refractivity contribution >= 4 is 5.97 Å². The number of nitrogens with two attached hydrogens (primary N) is 1. The Morgan fingerprint density at radius 2 is 2.14 bits per heavy atom. The van der Waals surface area contributed by atoms with Crippen LogP contribution in [0, 0.1) is 0 Å². The average Bonchev–Trinajstić information content (AvgIpc) is 2.82. The molecule has 14 heavy (non-hydrogen) atoms. The predicted octanol–water partition coefficient (Wildman–Crippen LogP) is 0.863. The molecule has 3 N–H and O–H groups in total. The first-order chi connectivity index (χ1) is 6.68. The lowest BCUT2D eigenvalue weighted by atomic mass is 10.2. The van der Waals surface area contributed by atoms with Crippen LogP contribution in [-0.4, -0.2) is 23.2 Å². The van der Waals surface area contributed by atoms with Crippen LogP contribution in [0.4, 0.5) is 0 Å². The van der Waals surface area contributed by atoms with E-state index in [2.05, 4.69) is 0 Å². The van der Waals surface area contributed by atoms with Crippen LogP contribution in [-0.2, 0) is 0 Å². The summed E-state index contributed by atoms with van der Waals surface area (Å²) in [6.45, 7) is 0. The highest BCUT2D eigenvalue weighted by molar-refractivity contribution is 5.90. The summed E-state index contributed by atoms with van der Waals surface area (Å²) in [4.78, 5) is 10.8. The zero-order chi connectivity index (χ0) is 10.1. The molecule has 0 aliphatic heterocycles. The molecule has 0 bridgehead atoms. The van der Waals surface area contributed by atoms with Crippen LogP contribution in [0.15, 0.2) is 24.3 Å². The molecule has 74 valence electrons. The number of para-hydroxylation sites is 1. The maximum absolute atomic E-state index is 10.8. The number of ether oxygens (including phenoxy) is 1. The molecule has 0 saturated heterocycles. The highest BCUT2D eigenvalue weighted by Crippen LogP contribution is 2.28. The first-order valence-electron chi connectivity index (χ1n) is 4.43. The van der Waals surface area contributed by atoms with Crippen molar-refractivity contribution in [2.24, 2.45) is 5.73 Å². The van der Waals surface area contributed by atoms with Gasteiger partial charge in [-0.15, -0.1) is 0 Å². The van der Waals surface area contributed by atoms with Crippen LogP contribution in [0.25, 0.3) is 0 Å². The molecule has 1 saturated carbocycles. The normalized spacial score (nSPS) is 24.4. The quantitative estimate of drug-likeness (QED) is 0.746. The number of carbonyl (C=O) groups is 1. The van der Waals surface area contributed by atoms with Gasteiger partial charge in [0, 0.05) is 12.5 Å². The summed E-state index contributed by atoms with van der Waals surface area (Å²) in [5.41, 5.74) is 5.75. The summed E-state index contributed by atoms with van der Waals surface area (Å²) in [6.07, 6.45) is 0.782. The standard InChI is InChI=1S/C10H11NO3/c11-7-5-9(7)14-8-4-2-1-3-6(8)10(12)13/h1-4,7,9H,5,11H2,(H,12,13). The highest BCUT2D eigenvalue weighted by atomic mass is 16.5. The molecule has 0 amide bonds. The van der Waals surface area contributed by atoms with E-state index in [-0.39, 0.29) is 17.7 Å². The van der Waals surface area contributed by atoms with Crippen molar-refractivity contribution < 1.29 is 14.6 Å². The van der Waals surface area contributed by atoms with Gasteiger partial charge in [-0.3, -0.25) is 0 Å². The smallest absolute Gasteiger partial charge is 0.339 e. The molecule has 2 unspecified atom stereocenters. The van der Waals surface area contributed by atoms with Crippen LogP contribution >= 0.6 is 0 Å². The van der Waals surface area contributed by atoms with Crippen LogP contribution in [0.3, 0.4) is 0 Å². The van der Waals surface area contributed by atoms with Crippen molar-refractivity contribution in [3.8, 4) is 5.75 Å². The van der Waals surface area contributed by atoms with Gasteiger partial charge in [-0.25, -0.2) is 4.79 Å². The third kappa shape index (κ3) is 1.70. The van der Waals surface area contributed by atoms with Gasteiger partial charge in [0.2, 0.25) is 0 Å². The van der Waals surface area contributed by atoms with E-state index in [4.69, 9.17) is 15.6 Å². The Hall–Kier alpha value is -1.55. The van der Waals surface area contributed by atoms with Gasteiger partial charge in [-0.1, -0.05) is 12.1 Å². The van der Waals surface area contributed by atoms with Crippen LogP contribution in [0.5, 0.6) is 5.75 Å². The molecule has 0 spiro atoms. The Labute approximate surface area is 81.3 Å². The van der Waals surface area contributed by atoms with E-state index in [1.54, 1.807) is 18.2 Å². The summed E-state index contributed by atoms with van der Waals surface area (Å²) in [6, 6.07) is 6.63. The maximum Gasteiger partial charge on any atom is 0.339 e. The molecule has 0 radical (unpaired) electrons. The van der Waals surface area contributed by atoms with Crippen molar-refractivity contribution in [2.75, 3.05) is 0 Å². The van der Waals surface area contributed by atoms with Crippen LogP contribution in [0.1, 0.15) is 16.8 Å². The van der Waals surface area contributed by atoms with Gasteiger partial charge in [-0.05, 0) is 12.1 Å². The predicted molar refractivity (Wildman–Crippen MR) is 50.4 cm³/mol. The molecule has 1 fully saturated rings. The van der Waals surface area contributed by atoms with Crippen molar-refractivity contribution in [1.29, 1.82) is 0 Å². The molecule has 4 nitrogen and oxygen atoms in total. The van der Waals surface area contributed by atoms with E-state index >= 15 is 0 Å². The Morgan fingerprint density at radius 1 is 1.50 bits per heavy atom. The van der Waals surface area contributed by atoms with E-state index in [1.807, 2.05) is 0 Å². The van der Waals surface area contributed by atoms with Gasteiger partial charge >= 0.3 is 5.97 Å². The van der Waals surface area contributed by atoms with Crippen LogP contribution < -0.4 is 10.5 Å². The number of aromatic carboxylic acids is 1. The molecule has 2 atom stereocenters. The third-order valence-electron chi connectivity index (χ3n) is 2.17. The fraction of sp³-hybridized carbons (Fsp3) is 0.300. The monoisotopic (exact) mass is 193 g/mol. The van der Waals surface area contributed by atoms with Crippen LogP contribution in [0.2, 0.25) is 0 Å². The summed E-state index contributed by atoms with van der Waals surface area (Å²) in [5, 5.41) is 8.85. The minimum Gasteiger partial charge on any atom is -0.488 e. The molecule has 1 aliphatic rings. The van der Waals surface area contributed by atoms with Crippen molar-refractivity contribution in [2.45, 2.75) is 18.6 Å².